The summed E-state index contributed by atoms with van der Waals surface area (Å²) in [7, 11) is 0. The van der Waals surface area contributed by atoms with Crippen LogP contribution in [0.25, 0.3) is 0 Å². The molecule has 0 aromatic carbocycles. The first kappa shape index (κ1) is 15.6. The van der Waals surface area contributed by atoms with E-state index in [0.717, 1.165) is 6.42 Å². The summed E-state index contributed by atoms with van der Waals surface area (Å²) in [6.07, 6.45) is -2.80. The highest BCUT2D eigenvalue weighted by Gasteiger charge is 2.40. The first-order valence-corrected chi connectivity index (χ1v) is 5.20. The fourth-order valence-corrected chi connectivity index (χ4v) is 0.858. The molecule has 0 unspecified atom stereocenters. The number of rotatable bonds is 8. The molecule has 0 aromatic heterocycles. The summed E-state index contributed by atoms with van der Waals surface area (Å²) < 4.78 is 52.7. The summed E-state index contributed by atoms with van der Waals surface area (Å²) in [5.74, 6) is -4.06. The molecule has 0 saturated heterocycles. The van der Waals surface area contributed by atoms with Gasteiger partial charge < -0.3 is 10.1 Å². The average Bonchev–Trinajstić information content (AvgIpc) is 2.16. The standard InChI is InChI=1S/C10H19F4NO/c1-4-9(2,3)15-5-6-16-7-10(13,14)8(11)12/h8,15H,4-7H2,1-3H3. The number of ether oxygens (including phenoxy) is 1. The van der Waals surface area contributed by atoms with Gasteiger partial charge in [0.1, 0.15) is 6.61 Å². The van der Waals surface area contributed by atoms with Crippen molar-refractivity contribution in [3.8, 4) is 0 Å². The number of alkyl halides is 4. The Hall–Kier alpha value is -0.360. The van der Waals surface area contributed by atoms with Gasteiger partial charge in [-0.05, 0) is 20.3 Å². The van der Waals surface area contributed by atoms with Crippen molar-refractivity contribution in [1.82, 2.24) is 5.32 Å². The van der Waals surface area contributed by atoms with Crippen LogP contribution in [-0.4, -0.2) is 37.6 Å². The minimum absolute atomic E-state index is 0.00819. The minimum Gasteiger partial charge on any atom is -0.374 e. The van der Waals surface area contributed by atoms with E-state index in [4.69, 9.17) is 0 Å². The summed E-state index contributed by atoms with van der Waals surface area (Å²) in [6.45, 7) is 5.02. The first-order valence-electron chi connectivity index (χ1n) is 5.20. The molecule has 0 fully saturated rings. The minimum atomic E-state index is -4.06. The smallest absolute Gasteiger partial charge is 0.330 e. The van der Waals surface area contributed by atoms with Crippen LogP contribution < -0.4 is 5.32 Å². The zero-order chi connectivity index (χ0) is 12.8. The van der Waals surface area contributed by atoms with Crippen molar-refractivity contribution >= 4 is 0 Å². The van der Waals surface area contributed by atoms with E-state index in [1.54, 1.807) is 0 Å². The molecule has 0 atom stereocenters. The molecule has 0 bridgehead atoms. The van der Waals surface area contributed by atoms with Crippen LogP contribution in [0.15, 0.2) is 0 Å². The third-order valence-corrected chi connectivity index (χ3v) is 2.35. The fourth-order valence-electron chi connectivity index (χ4n) is 0.858. The van der Waals surface area contributed by atoms with Gasteiger partial charge in [0.25, 0.3) is 0 Å². The molecular formula is C10H19F4NO. The van der Waals surface area contributed by atoms with Gasteiger partial charge in [-0.2, -0.15) is 8.78 Å². The Labute approximate surface area is 93.3 Å². The molecule has 16 heavy (non-hydrogen) atoms. The quantitative estimate of drug-likeness (QED) is 0.524. The van der Waals surface area contributed by atoms with Crippen molar-refractivity contribution in [2.24, 2.45) is 0 Å². The van der Waals surface area contributed by atoms with Crippen LogP contribution >= 0.6 is 0 Å². The molecule has 2 nitrogen and oxygen atoms in total. The summed E-state index contributed by atoms with van der Waals surface area (Å²) in [5.41, 5.74) is -0.103. The summed E-state index contributed by atoms with van der Waals surface area (Å²) in [5, 5.41) is 3.07. The van der Waals surface area contributed by atoms with Gasteiger partial charge in [0.15, 0.2) is 0 Å². The van der Waals surface area contributed by atoms with Gasteiger partial charge in [0.2, 0.25) is 0 Å². The molecule has 0 aliphatic carbocycles. The molecule has 0 rings (SSSR count). The van der Waals surface area contributed by atoms with Gasteiger partial charge in [0.05, 0.1) is 6.61 Å². The third kappa shape index (κ3) is 6.27. The number of hydrogen-bond donors (Lipinski definition) is 1. The number of halogens is 4. The van der Waals surface area contributed by atoms with Crippen LogP contribution in [0.4, 0.5) is 17.6 Å². The molecule has 98 valence electrons. The Morgan fingerprint density at radius 1 is 1.25 bits per heavy atom. The molecule has 0 amide bonds. The summed E-state index contributed by atoms with van der Waals surface area (Å²) >= 11 is 0. The van der Waals surface area contributed by atoms with E-state index in [9.17, 15) is 17.6 Å². The second-order valence-corrected chi connectivity index (χ2v) is 4.28. The molecule has 0 heterocycles. The van der Waals surface area contributed by atoms with Crippen LogP contribution in [0.2, 0.25) is 0 Å². The predicted octanol–water partition coefficient (Wildman–Crippen LogP) is 2.68. The molecule has 1 N–H and O–H groups in total. The van der Waals surface area contributed by atoms with Gasteiger partial charge >= 0.3 is 12.3 Å². The van der Waals surface area contributed by atoms with E-state index < -0.39 is 19.0 Å². The van der Waals surface area contributed by atoms with E-state index in [1.165, 1.54) is 0 Å². The number of nitrogens with one attached hydrogen (secondary N) is 1. The van der Waals surface area contributed by atoms with Gasteiger partial charge in [-0.15, -0.1) is 0 Å². The van der Waals surface area contributed by atoms with E-state index >= 15 is 0 Å². The molecule has 0 aromatic rings. The topological polar surface area (TPSA) is 21.3 Å². The van der Waals surface area contributed by atoms with Crippen LogP contribution in [0.1, 0.15) is 27.2 Å². The van der Waals surface area contributed by atoms with Crippen molar-refractivity contribution < 1.29 is 22.3 Å². The van der Waals surface area contributed by atoms with Gasteiger partial charge in [-0.3, -0.25) is 0 Å². The number of hydrogen-bond acceptors (Lipinski definition) is 2. The molecule has 0 spiro atoms. The molecule has 0 aliphatic rings. The Balaban J connectivity index is 3.62. The van der Waals surface area contributed by atoms with Gasteiger partial charge in [-0.1, -0.05) is 6.92 Å². The normalized spacial score (nSPS) is 13.5. The van der Waals surface area contributed by atoms with Crippen molar-refractivity contribution in [2.75, 3.05) is 19.8 Å². The third-order valence-electron chi connectivity index (χ3n) is 2.35. The maximum atomic E-state index is 12.4. The van der Waals surface area contributed by atoms with Crippen LogP contribution in [0.5, 0.6) is 0 Å². The highest BCUT2D eigenvalue weighted by atomic mass is 19.3. The average molecular weight is 245 g/mol. The lowest BCUT2D eigenvalue weighted by Gasteiger charge is -2.24. The highest BCUT2D eigenvalue weighted by molar-refractivity contribution is 4.74. The molecule has 6 heteroatoms. The summed E-state index contributed by atoms with van der Waals surface area (Å²) in [4.78, 5) is 0. The Morgan fingerprint density at radius 2 is 1.81 bits per heavy atom. The second-order valence-electron chi connectivity index (χ2n) is 4.28. The monoisotopic (exact) mass is 245 g/mol. The van der Waals surface area contributed by atoms with E-state index in [0.29, 0.717) is 6.54 Å². The summed E-state index contributed by atoms with van der Waals surface area (Å²) in [6, 6.07) is 0. The second kappa shape index (κ2) is 6.39. The molecule has 0 saturated carbocycles. The first-order chi connectivity index (χ1) is 7.21. The SMILES string of the molecule is CCC(C)(C)NCCOCC(F)(F)C(F)F. The predicted molar refractivity (Wildman–Crippen MR) is 54.1 cm³/mol. The fraction of sp³-hybridized carbons (Fsp3) is 1.00. The Morgan fingerprint density at radius 3 is 2.25 bits per heavy atom. The lowest BCUT2D eigenvalue weighted by atomic mass is 10.0. The van der Waals surface area contributed by atoms with Crippen LogP contribution in [0, 0.1) is 0 Å². The lowest BCUT2D eigenvalue weighted by Crippen LogP contribution is -2.41. The largest absolute Gasteiger partial charge is 0.374 e. The van der Waals surface area contributed by atoms with Gasteiger partial charge in [-0.25, -0.2) is 8.78 Å². The van der Waals surface area contributed by atoms with Crippen LogP contribution in [-0.2, 0) is 4.74 Å². The van der Waals surface area contributed by atoms with Crippen molar-refractivity contribution in [1.29, 1.82) is 0 Å². The Bertz CT molecular complexity index is 197. The lowest BCUT2D eigenvalue weighted by molar-refractivity contribution is -0.165. The molecule has 0 radical (unpaired) electrons. The van der Waals surface area contributed by atoms with Crippen molar-refractivity contribution in [3.63, 3.8) is 0 Å². The maximum absolute atomic E-state index is 12.4. The molecular weight excluding hydrogens is 226 g/mol. The Kier molecular flexibility index (Phi) is 6.25. The zero-order valence-electron chi connectivity index (χ0n) is 9.83. The van der Waals surface area contributed by atoms with Crippen LogP contribution in [0.3, 0.4) is 0 Å². The van der Waals surface area contributed by atoms with Crippen molar-refractivity contribution in [2.45, 2.75) is 45.1 Å². The highest BCUT2D eigenvalue weighted by Crippen LogP contribution is 2.22. The van der Waals surface area contributed by atoms with E-state index in [1.807, 2.05) is 20.8 Å². The van der Waals surface area contributed by atoms with Crippen molar-refractivity contribution in [3.05, 3.63) is 0 Å². The zero-order valence-corrected chi connectivity index (χ0v) is 9.83. The molecule has 0 aliphatic heterocycles. The maximum Gasteiger partial charge on any atom is 0.330 e. The van der Waals surface area contributed by atoms with E-state index in [-0.39, 0.29) is 12.1 Å². The van der Waals surface area contributed by atoms with Gasteiger partial charge in [0, 0.05) is 12.1 Å². The van der Waals surface area contributed by atoms with E-state index in [2.05, 4.69) is 10.1 Å².